The van der Waals surface area contributed by atoms with Crippen molar-refractivity contribution in [1.29, 1.82) is 0 Å². The number of benzene rings is 2. The molecule has 0 saturated heterocycles. The van der Waals surface area contributed by atoms with Gasteiger partial charge in [-0.05, 0) is 124 Å². The molecular formula is C129H238N2Ni. The van der Waals surface area contributed by atoms with Crippen molar-refractivity contribution in [2.75, 3.05) is 0 Å². The normalized spacial score (nSPS) is 12.2. The summed E-state index contributed by atoms with van der Waals surface area (Å²) in [5.41, 5.74) is 25.7. The first-order valence-electron chi connectivity index (χ1n) is 61.3. The molecule has 0 radical (unpaired) electrons. The van der Waals surface area contributed by atoms with E-state index in [0.717, 1.165) is 75.6 Å². The van der Waals surface area contributed by atoms with Crippen molar-refractivity contribution >= 4 is 11.4 Å². The van der Waals surface area contributed by atoms with Gasteiger partial charge >= 0.3 is 16.5 Å². The molecule has 132 heavy (non-hydrogen) atoms. The molecule has 3 rings (SSSR count). The molecule has 0 aromatic heterocycles. The molecule has 1 aliphatic heterocycles. The van der Waals surface area contributed by atoms with Gasteiger partial charge in [0.2, 0.25) is 11.4 Å². The smallest absolute Gasteiger partial charge is 0.493 e. The van der Waals surface area contributed by atoms with Gasteiger partial charge in [0.05, 0.1) is 5.57 Å². The van der Waals surface area contributed by atoms with E-state index in [1.54, 1.807) is 4.70 Å². The Bertz CT molecular complexity index is 2560. The minimum Gasteiger partial charge on any atom is -0.493 e. The van der Waals surface area contributed by atoms with Crippen molar-refractivity contribution in [3.05, 3.63) is 112 Å². The number of hydrogen-bond donors (Lipinski definition) is 0. The molecule has 0 spiro atoms. The van der Waals surface area contributed by atoms with Crippen LogP contribution in [0.5, 0.6) is 0 Å². The number of aryl methyl sites for hydroxylation is 4. The second-order valence-electron chi connectivity index (χ2n) is 42.7. The van der Waals surface area contributed by atoms with Gasteiger partial charge in [-0.1, -0.05) is 638 Å². The van der Waals surface area contributed by atoms with Crippen molar-refractivity contribution in [2.45, 2.75) is 704 Å². The molecule has 774 valence electrons. The number of unbranched alkanes of at least 4 members (excludes halogenated alkanes) is 88. The van der Waals surface area contributed by atoms with Crippen molar-refractivity contribution < 1.29 is 21.2 Å². The molecule has 0 saturated carbocycles. The minimum atomic E-state index is 0. The Morgan fingerprint density at radius 3 is 0.568 bits per heavy atom. The largest absolute Gasteiger partial charge is 2.00 e. The summed E-state index contributed by atoms with van der Waals surface area (Å²) >= 11 is 0. The van der Waals surface area contributed by atoms with Gasteiger partial charge in [0.1, 0.15) is 0 Å². The fourth-order valence-electron chi connectivity index (χ4n) is 20.6. The van der Waals surface area contributed by atoms with Crippen LogP contribution in [-0.4, -0.2) is 4.70 Å². The number of hydrogen-bond acceptors (Lipinski definition) is 0. The van der Waals surface area contributed by atoms with Gasteiger partial charge in [0.15, 0.2) is 0 Å². The second-order valence-corrected chi connectivity index (χ2v) is 42.7. The fourth-order valence-corrected chi connectivity index (χ4v) is 20.6. The van der Waals surface area contributed by atoms with Gasteiger partial charge in [-0.25, -0.2) is 4.70 Å². The van der Waals surface area contributed by atoms with Gasteiger partial charge in [-0.15, -0.1) is 0 Å². The summed E-state index contributed by atoms with van der Waals surface area (Å²) in [7, 11) is 0. The molecule has 0 atom stereocenters. The Hall–Kier alpha value is -2.25. The van der Waals surface area contributed by atoms with E-state index in [1.165, 1.54) is 629 Å². The van der Waals surface area contributed by atoms with Crippen molar-refractivity contribution in [2.24, 2.45) is 0 Å². The van der Waals surface area contributed by atoms with E-state index in [0.29, 0.717) is 0 Å². The van der Waals surface area contributed by atoms with E-state index >= 15 is 0 Å². The molecule has 2 aromatic carbocycles. The van der Waals surface area contributed by atoms with E-state index in [-0.39, 0.29) is 16.5 Å². The summed E-state index contributed by atoms with van der Waals surface area (Å²) < 4.78 is 1.67. The van der Waals surface area contributed by atoms with Crippen LogP contribution in [0.2, 0.25) is 0 Å². The van der Waals surface area contributed by atoms with Crippen LogP contribution >= 0.6 is 0 Å². The Morgan fingerprint density at radius 2 is 0.364 bits per heavy atom. The maximum Gasteiger partial charge on any atom is 2.00 e. The number of nitrogens with zero attached hydrogens (tertiary/aromatic N) is 2. The van der Waals surface area contributed by atoms with E-state index in [2.05, 4.69) is 118 Å². The molecule has 2 nitrogen and oxygen atoms in total. The van der Waals surface area contributed by atoms with E-state index in [9.17, 15) is 5.53 Å². The third-order valence-corrected chi connectivity index (χ3v) is 29.5. The van der Waals surface area contributed by atoms with Crippen LogP contribution in [0, 0.1) is 13.8 Å². The Morgan fingerprint density at radius 1 is 0.197 bits per heavy atom. The van der Waals surface area contributed by atoms with Crippen molar-refractivity contribution in [3.8, 4) is 0 Å². The van der Waals surface area contributed by atoms with Crippen LogP contribution in [0.4, 0.5) is 0 Å². The van der Waals surface area contributed by atoms with Gasteiger partial charge in [-0.2, -0.15) is 12.8 Å². The molecular weight excluding hydrogens is 1640 g/mol. The molecule has 0 bridgehead atoms. The zero-order chi connectivity index (χ0) is 94.4. The van der Waals surface area contributed by atoms with Gasteiger partial charge < -0.3 is 19.4 Å². The zero-order valence-electron chi connectivity index (χ0n) is 91.7. The van der Waals surface area contributed by atoms with Gasteiger partial charge in [0.25, 0.3) is 0 Å². The van der Waals surface area contributed by atoms with Crippen molar-refractivity contribution in [1.82, 2.24) is 0 Å². The standard InChI is InChI=1S/C71H120N2.2C29H59.Ni/c1-7-13-19-22-25-26-27-28-29-30-31-32-33-34-35-36-37-38-39-40-41-42-43-46-49-55-69-68(54-18-12-6)70(66-58-62(50-16-10-4)56-63(59-66)51-17-11-5)73(72)71(69)67-60-64(52-47-44-23-20-14-8-2)57-65(61-67)53-48-45-24-21-15-9-3;2*1-3-5-7-9-11-13-15-17-19-21-23-25-27-29-28-26-24-22-20-18-16-14-12-10-8-6-4-2;/h49,55-61H,7-48,50-54H2,1-6H3;2*1,3-29H2,2H3;/q;2*-1;+2. The number of rotatable bonds is 102. The monoisotopic (exact) mass is 1870 g/mol. The fraction of sp³-hybridized carbons (Fsp3) is 0.845. The predicted molar refractivity (Wildman–Crippen MR) is 598 cm³/mol. The Kier molecular flexibility index (Phi) is 106. The van der Waals surface area contributed by atoms with Crippen LogP contribution < -0.4 is 0 Å². The quantitative estimate of drug-likeness (QED) is 0.0273. The summed E-state index contributed by atoms with van der Waals surface area (Å²) in [5, 5.41) is 0. The Balaban J connectivity index is 0.00000238. The summed E-state index contributed by atoms with van der Waals surface area (Å²) in [4.78, 5) is 0. The number of allylic oxidation sites excluding steroid dienone is 4. The first kappa shape index (κ1) is 130. The summed E-state index contributed by atoms with van der Waals surface area (Å²) in [6.07, 6.45) is 146. The topological polar surface area (TPSA) is 25.3 Å². The van der Waals surface area contributed by atoms with E-state index < -0.39 is 0 Å². The first-order valence-corrected chi connectivity index (χ1v) is 61.3. The van der Waals surface area contributed by atoms with Gasteiger partial charge in [-0.3, -0.25) is 0 Å². The van der Waals surface area contributed by atoms with Crippen LogP contribution in [0.3, 0.4) is 0 Å². The van der Waals surface area contributed by atoms with Crippen LogP contribution in [0.1, 0.15) is 712 Å². The summed E-state index contributed by atoms with van der Waals surface area (Å²) in [6.45, 7) is 26.3. The van der Waals surface area contributed by atoms with E-state index in [1.807, 2.05) is 0 Å². The molecule has 1 heterocycles. The molecule has 2 aromatic rings. The SMILES string of the molecule is CCCCCCCCCCCCCCCCCCCCCCCCCC=CC1=C(c2cc(CCCCCCCC)cc(CCCCCCCC)c2)[N+](=[N-])C(c2cc(CCCC)cc(CCCC)c2)=C1CCCC.[CH2-]CCCCCCCCCCCCCCCCCCCCCCCCCCCC.[CH2-]CCCCCCCCCCCCCCCCCCCCCCCCCCCC.[Ni+2]. The molecule has 0 N–H and O–H groups in total. The van der Waals surface area contributed by atoms with E-state index in [4.69, 9.17) is 0 Å². The second kappa shape index (κ2) is 108. The molecule has 0 aliphatic carbocycles. The molecule has 0 amide bonds. The Labute approximate surface area is 843 Å². The van der Waals surface area contributed by atoms with Crippen molar-refractivity contribution in [3.63, 3.8) is 0 Å². The zero-order valence-corrected chi connectivity index (χ0v) is 92.6. The predicted octanol–water partition coefficient (Wildman–Crippen LogP) is 47.2. The average Bonchev–Trinajstić information content (AvgIpc) is 1.60. The third kappa shape index (κ3) is 83.5. The first-order chi connectivity index (χ1) is 64.8. The van der Waals surface area contributed by atoms with Crippen LogP contribution in [-0.2, 0) is 42.2 Å². The summed E-state index contributed by atoms with van der Waals surface area (Å²) in [5.74, 6) is 0. The molecule has 0 unspecified atom stereocenters. The van der Waals surface area contributed by atoms with Crippen LogP contribution in [0.25, 0.3) is 16.9 Å². The molecule has 0 fully saturated rings. The minimum absolute atomic E-state index is 0. The third-order valence-electron chi connectivity index (χ3n) is 29.5. The van der Waals surface area contributed by atoms with Crippen LogP contribution in [0.15, 0.2) is 59.7 Å². The maximum absolute atomic E-state index is 12.9. The molecule has 3 heteroatoms. The molecule has 1 aliphatic rings. The average molecular weight is 1880 g/mol. The maximum atomic E-state index is 12.9. The summed E-state index contributed by atoms with van der Waals surface area (Å²) in [6, 6.07) is 14.8. The van der Waals surface area contributed by atoms with Gasteiger partial charge in [0, 0.05) is 16.7 Å².